The largest absolute Gasteiger partial charge is 0.426 e. The molecule has 0 bridgehead atoms. The van der Waals surface area contributed by atoms with E-state index in [0.29, 0.717) is 11.3 Å². The molecule has 1 aromatic carbocycles. The van der Waals surface area contributed by atoms with Gasteiger partial charge in [-0.3, -0.25) is 4.79 Å². The van der Waals surface area contributed by atoms with E-state index in [1.165, 1.54) is 0 Å². The quantitative estimate of drug-likeness (QED) is 0.483. The van der Waals surface area contributed by atoms with Crippen molar-refractivity contribution >= 4 is 16.9 Å². The van der Waals surface area contributed by atoms with Gasteiger partial charge in [-0.2, -0.15) is 0 Å². The molecule has 2 aliphatic rings. The zero-order valence-corrected chi connectivity index (χ0v) is 11.9. The maximum absolute atomic E-state index is 12.1. The topological polar surface area (TPSA) is 56.5 Å². The summed E-state index contributed by atoms with van der Waals surface area (Å²) in [6.45, 7) is 1.84. The van der Waals surface area contributed by atoms with Crippen LogP contribution in [0.3, 0.4) is 0 Å². The fourth-order valence-electron chi connectivity index (χ4n) is 3.08. The summed E-state index contributed by atoms with van der Waals surface area (Å²) in [5.41, 5.74) is 2.95. The van der Waals surface area contributed by atoms with E-state index in [0.717, 1.165) is 54.2 Å². The van der Waals surface area contributed by atoms with E-state index in [1.54, 1.807) is 0 Å². The van der Waals surface area contributed by atoms with Crippen molar-refractivity contribution in [3.05, 3.63) is 39.2 Å². The van der Waals surface area contributed by atoms with Gasteiger partial charge in [-0.25, -0.2) is 4.79 Å². The number of benzene rings is 1. The molecule has 0 unspecified atom stereocenters. The highest BCUT2D eigenvalue weighted by molar-refractivity contribution is 5.87. The Morgan fingerprint density at radius 1 is 1.24 bits per heavy atom. The van der Waals surface area contributed by atoms with E-state index in [4.69, 9.17) is 9.15 Å². The monoisotopic (exact) mass is 284 g/mol. The van der Waals surface area contributed by atoms with Gasteiger partial charge in [0.25, 0.3) is 0 Å². The Kier molecular flexibility index (Phi) is 2.67. The van der Waals surface area contributed by atoms with E-state index >= 15 is 0 Å². The van der Waals surface area contributed by atoms with Crippen LogP contribution in [0.25, 0.3) is 11.0 Å². The number of aryl methyl sites for hydroxylation is 2. The van der Waals surface area contributed by atoms with E-state index in [1.807, 2.05) is 19.1 Å². The molecule has 0 amide bonds. The van der Waals surface area contributed by atoms with Gasteiger partial charge in [0, 0.05) is 16.5 Å². The molecule has 1 saturated carbocycles. The van der Waals surface area contributed by atoms with Gasteiger partial charge in [-0.15, -0.1) is 0 Å². The second-order valence-corrected chi connectivity index (χ2v) is 5.96. The fourth-order valence-corrected chi connectivity index (χ4v) is 3.08. The molecule has 4 nitrogen and oxygen atoms in total. The van der Waals surface area contributed by atoms with Crippen LogP contribution in [0, 0.1) is 12.8 Å². The molecule has 0 atom stereocenters. The number of rotatable bonds is 2. The standard InChI is InChI=1S/C17H16O4/c1-9-14(20-16(18)10-5-6-10)8-7-12-11-3-2-4-13(11)17(19)21-15(9)12/h7-8,10H,2-6H2,1H3. The third-order valence-electron chi connectivity index (χ3n) is 4.46. The lowest BCUT2D eigenvalue weighted by Crippen LogP contribution is -2.11. The van der Waals surface area contributed by atoms with Crippen molar-refractivity contribution in [3.8, 4) is 5.75 Å². The Morgan fingerprint density at radius 2 is 2.00 bits per heavy atom. The molecule has 1 aromatic heterocycles. The lowest BCUT2D eigenvalue weighted by Gasteiger charge is -2.11. The molecule has 1 fully saturated rings. The van der Waals surface area contributed by atoms with E-state index < -0.39 is 0 Å². The normalized spacial score (nSPS) is 17.0. The first kappa shape index (κ1) is 12.6. The second kappa shape index (κ2) is 4.45. The van der Waals surface area contributed by atoms with Crippen LogP contribution >= 0.6 is 0 Å². The summed E-state index contributed by atoms with van der Waals surface area (Å²) >= 11 is 0. The highest BCUT2D eigenvalue weighted by atomic mass is 16.5. The zero-order chi connectivity index (χ0) is 14.6. The van der Waals surface area contributed by atoms with Crippen molar-refractivity contribution in [2.45, 2.75) is 39.0 Å². The van der Waals surface area contributed by atoms with Crippen molar-refractivity contribution in [3.63, 3.8) is 0 Å². The Hall–Kier alpha value is -2.10. The molecule has 2 aliphatic carbocycles. The molecule has 0 spiro atoms. The lowest BCUT2D eigenvalue weighted by atomic mass is 10.0. The van der Waals surface area contributed by atoms with Crippen molar-refractivity contribution in [1.82, 2.24) is 0 Å². The summed E-state index contributed by atoms with van der Waals surface area (Å²) in [6.07, 6.45) is 4.53. The smallest absolute Gasteiger partial charge is 0.339 e. The highest BCUT2D eigenvalue weighted by Crippen LogP contribution is 2.35. The molecule has 21 heavy (non-hydrogen) atoms. The zero-order valence-electron chi connectivity index (χ0n) is 11.9. The SMILES string of the molecule is Cc1c(OC(=O)C2CC2)ccc2c3c(c(=O)oc12)CCC3. The lowest BCUT2D eigenvalue weighted by molar-refractivity contribution is -0.135. The van der Waals surface area contributed by atoms with Crippen LogP contribution in [0.2, 0.25) is 0 Å². The Bertz CT molecular complexity index is 812. The third kappa shape index (κ3) is 1.97. The van der Waals surface area contributed by atoms with E-state index in [-0.39, 0.29) is 17.5 Å². The van der Waals surface area contributed by atoms with Gasteiger partial charge in [-0.05, 0) is 56.7 Å². The fraction of sp³-hybridized carbons (Fsp3) is 0.412. The van der Waals surface area contributed by atoms with Crippen LogP contribution in [-0.4, -0.2) is 5.97 Å². The molecule has 0 saturated heterocycles. The maximum atomic E-state index is 12.1. The summed E-state index contributed by atoms with van der Waals surface area (Å²) in [7, 11) is 0. The number of fused-ring (bicyclic) bond motifs is 3. The van der Waals surface area contributed by atoms with Crippen molar-refractivity contribution in [2.75, 3.05) is 0 Å². The summed E-state index contributed by atoms with van der Waals surface area (Å²) in [4.78, 5) is 23.9. The van der Waals surface area contributed by atoms with Crippen LogP contribution in [0.1, 0.15) is 36.0 Å². The number of ether oxygens (including phenoxy) is 1. The van der Waals surface area contributed by atoms with Gasteiger partial charge in [0.1, 0.15) is 11.3 Å². The molecular weight excluding hydrogens is 268 g/mol. The first-order chi connectivity index (χ1) is 10.1. The molecule has 0 aliphatic heterocycles. The van der Waals surface area contributed by atoms with Crippen LogP contribution in [-0.2, 0) is 17.6 Å². The number of hydrogen-bond acceptors (Lipinski definition) is 4. The number of hydrogen-bond donors (Lipinski definition) is 0. The van der Waals surface area contributed by atoms with Gasteiger partial charge < -0.3 is 9.15 Å². The van der Waals surface area contributed by atoms with E-state index in [2.05, 4.69) is 0 Å². The summed E-state index contributed by atoms with van der Waals surface area (Å²) < 4.78 is 10.9. The van der Waals surface area contributed by atoms with Gasteiger partial charge in [-0.1, -0.05) is 0 Å². The predicted molar refractivity (Wildman–Crippen MR) is 77.6 cm³/mol. The Balaban J connectivity index is 1.85. The average Bonchev–Trinajstić information content (AvgIpc) is 3.20. The van der Waals surface area contributed by atoms with Crippen molar-refractivity contribution < 1.29 is 13.9 Å². The molecule has 2 aromatic rings. The highest BCUT2D eigenvalue weighted by Gasteiger charge is 2.32. The average molecular weight is 284 g/mol. The van der Waals surface area contributed by atoms with Crippen LogP contribution in [0.15, 0.2) is 21.3 Å². The predicted octanol–water partition coefficient (Wildman–Crippen LogP) is 2.91. The number of carbonyl (C=O) groups is 1. The van der Waals surface area contributed by atoms with Crippen LogP contribution < -0.4 is 10.4 Å². The maximum Gasteiger partial charge on any atom is 0.339 e. The third-order valence-corrected chi connectivity index (χ3v) is 4.46. The number of carbonyl (C=O) groups excluding carboxylic acids is 1. The molecule has 1 heterocycles. The van der Waals surface area contributed by atoms with Gasteiger partial charge >= 0.3 is 11.6 Å². The van der Waals surface area contributed by atoms with Gasteiger partial charge in [0.05, 0.1) is 5.92 Å². The Morgan fingerprint density at radius 3 is 2.76 bits per heavy atom. The molecule has 4 heteroatoms. The molecule has 0 N–H and O–H groups in total. The molecule has 4 rings (SSSR count). The first-order valence-corrected chi connectivity index (χ1v) is 7.45. The summed E-state index contributed by atoms with van der Waals surface area (Å²) in [5, 5.41) is 0.978. The minimum absolute atomic E-state index is 0.0483. The van der Waals surface area contributed by atoms with Crippen LogP contribution in [0.4, 0.5) is 0 Å². The van der Waals surface area contributed by atoms with Gasteiger partial charge in [0.15, 0.2) is 0 Å². The van der Waals surface area contributed by atoms with Gasteiger partial charge in [0.2, 0.25) is 0 Å². The molecule has 0 radical (unpaired) electrons. The minimum atomic E-state index is -0.247. The van der Waals surface area contributed by atoms with Crippen LogP contribution in [0.5, 0.6) is 5.75 Å². The van der Waals surface area contributed by atoms with Crippen molar-refractivity contribution in [2.24, 2.45) is 5.92 Å². The molecular formula is C17H16O4. The summed E-state index contributed by atoms with van der Waals surface area (Å²) in [5.74, 6) is 0.369. The number of esters is 1. The van der Waals surface area contributed by atoms with E-state index in [9.17, 15) is 9.59 Å². The summed E-state index contributed by atoms with van der Waals surface area (Å²) in [6, 6.07) is 3.72. The Labute approximate surface area is 121 Å². The first-order valence-electron chi connectivity index (χ1n) is 7.45. The second-order valence-electron chi connectivity index (χ2n) is 5.96. The van der Waals surface area contributed by atoms with Crippen molar-refractivity contribution in [1.29, 1.82) is 0 Å². The minimum Gasteiger partial charge on any atom is -0.426 e. The molecule has 108 valence electrons.